The van der Waals surface area contributed by atoms with Crippen LogP contribution in [-0.2, 0) is 29.0 Å². The van der Waals surface area contributed by atoms with Gasteiger partial charge >= 0.3 is 0 Å². The Kier molecular flexibility index (Phi) is 8.64. The largest absolute Gasteiger partial charge is 0.352 e. The first-order chi connectivity index (χ1) is 16.2. The third kappa shape index (κ3) is 7.05. The molecule has 3 rings (SSSR count). The maximum absolute atomic E-state index is 13.8. The van der Waals surface area contributed by atoms with Gasteiger partial charge in [0, 0.05) is 19.0 Å². The summed E-state index contributed by atoms with van der Waals surface area (Å²) in [6, 6.07) is 23.6. The van der Waals surface area contributed by atoms with Crippen molar-refractivity contribution in [2.24, 2.45) is 0 Å². The van der Waals surface area contributed by atoms with Crippen LogP contribution in [0, 0.1) is 20.8 Å². The van der Waals surface area contributed by atoms with Crippen molar-refractivity contribution in [2.45, 2.75) is 66.1 Å². The second kappa shape index (κ2) is 11.6. The van der Waals surface area contributed by atoms with E-state index < -0.39 is 6.04 Å². The average Bonchev–Trinajstić information content (AvgIpc) is 2.80. The number of carbonyl (C=O) groups is 2. The van der Waals surface area contributed by atoms with Gasteiger partial charge in [0.25, 0.3) is 0 Å². The molecule has 0 aliphatic carbocycles. The highest BCUT2D eigenvalue weighted by atomic mass is 16.2. The molecule has 0 aliphatic rings. The van der Waals surface area contributed by atoms with Gasteiger partial charge in [-0.2, -0.15) is 0 Å². The molecule has 4 heteroatoms. The normalized spacial score (nSPS) is 11.8. The number of aryl methyl sites for hydroxylation is 3. The molecule has 34 heavy (non-hydrogen) atoms. The summed E-state index contributed by atoms with van der Waals surface area (Å²) < 4.78 is 0. The molecule has 1 N–H and O–H groups in total. The van der Waals surface area contributed by atoms with Crippen molar-refractivity contribution in [3.8, 4) is 0 Å². The van der Waals surface area contributed by atoms with E-state index in [2.05, 4.69) is 23.5 Å². The Morgan fingerprint density at radius 2 is 1.47 bits per heavy atom. The van der Waals surface area contributed by atoms with Crippen LogP contribution in [-0.4, -0.2) is 28.8 Å². The number of hydrogen-bond acceptors (Lipinski definition) is 2. The van der Waals surface area contributed by atoms with Crippen molar-refractivity contribution >= 4 is 11.8 Å². The van der Waals surface area contributed by atoms with Gasteiger partial charge in [0.1, 0.15) is 6.04 Å². The molecule has 0 aliphatic heterocycles. The van der Waals surface area contributed by atoms with Crippen LogP contribution in [0.25, 0.3) is 0 Å². The lowest BCUT2D eigenvalue weighted by molar-refractivity contribution is -0.141. The van der Waals surface area contributed by atoms with Crippen molar-refractivity contribution < 1.29 is 9.59 Å². The van der Waals surface area contributed by atoms with Crippen LogP contribution < -0.4 is 5.32 Å². The van der Waals surface area contributed by atoms with Crippen LogP contribution in [0.2, 0.25) is 0 Å². The molecule has 0 spiro atoms. The molecule has 0 aromatic heterocycles. The van der Waals surface area contributed by atoms with Gasteiger partial charge in [-0.1, -0.05) is 83.9 Å². The molecule has 0 saturated carbocycles. The van der Waals surface area contributed by atoms with Crippen molar-refractivity contribution in [1.82, 2.24) is 10.2 Å². The van der Waals surface area contributed by atoms with Crippen molar-refractivity contribution in [2.75, 3.05) is 0 Å². The second-order valence-corrected chi connectivity index (χ2v) is 9.48. The summed E-state index contributed by atoms with van der Waals surface area (Å²) in [5, 5.41) is 3.04. The fourth-order valence-electron chi connectivity index (χ4n) is 4.08. The standard InChI is InChI=1S/C30H36N2O2/c1-21(2)31-30(34)28(18-25-9-7-6-8-10-25)32(20-26-15-12-22(3)13-16-26)29(33)19-27-17-23(4)11-14-24(27)5/h6-17,21,28H,18-20H2,1-5H3,(H,31,34)/t28-/m1/s1. The highest BCUT2D eigenvalue weighted by molar-refractivity contribution is 5.89. The van der Waals surface area contributed by atoms with Gasteiger partial charge in [-0.25, -0.2) is 0 Å². The number of benzene rings is 3. The Hall–Kier alpha value is -3.40. The van der Waals surface area contributed by atoms with Gasteiger partial charge in [-0.15, -0.1) is 0 Å². The van der Waals surface area contributed by atoms with E-state index in [-0.39, 0.29) is 24.3 Å². The van der Waals surface area contributed by atoms with Crippen LogP contribution in [0.5, 0.6) is 0 Å². The molecule has 0 unspecified atom stereocenters. The topological polar surface area (TPSA) is 49.4 Å². The second-order valence-electron chi connectivity index (χ2n) is 9.48. The van der Waals surface area contributed by atoms with Gasteiger partial charge in [-0.05, 0) is 56.9 Å². The van der Waals surface area contributed by atoms with E-state index >= 15 is 0 Å². The van der Waals surface area contributed by atoms with E-state index in [0.29, 0.717) is 13.0 Å². The smallest absolute Gasteiger partial charge is 0.243 e. The predicted octanol–water partition coefficient (Wildman–Crippen LogP) is 5.32. The average molecular weight is 457 g/mol. The van der Waals surface area contributed by atoms with Crippen LogP contribution in [0.1, 0.15) is 47.2 Å². The quantitative estimate of drug-likeness (QED) is 0.474. The van der Waals surface area contributed by atoms with E-state index in [4.69, 9.17) is 0 Å². The minimum Gasteiger partial charge on any atom is -0.352 e. The first-order valence-corrected chi connectivity index (χ1v) is 12.0. The van der Waals surface area contributed by atoms with Gasteiger partial charge in [0.15, 0.2) is 0 Å². The number of hydrogen-bond donors (Lipinski definition) is 1. The lowest BCUT2D eigenvalue weighted by atomic mass is 9.99. The zero-order chi connectivity index (χ0) is 24.7. The summed E-state index contributed by atoms with van der Waals surface area (Å²) >= 11 is 0. The van der Waals surface area contributed by atoms with E-state index in [1.165, 1.54) is 0 Å². The van der Waals surface area contributed by atoms with Crippen molar-refractivity contribution in [1.29, 1.82) is 0 Å². The Balaban J connectivity index is 1.99. The lowest BCUT2D eigenvalue weighted by Gasteiger charge is -2.32. The maximum Gasteiger partial charge on any atom is 0.243 e. The van der Waals surface area contributed by atoms with Crippen molar-refractivity contribution in [3.63, 3.8) is 0 Å². The zero-order valence-electron chi connectivity index (χ0n) is 21.0. The zero-order valence-corrected chi connectivity index (χ0v) is 21.0. The van der Waals surface area contributed by atoms with E-state index in [9.17, 15) is 9.59 Å². The molecule has 4 nitrogen and oxygen atoms in total. The number of nitrogens with one attached hydrogen (secondary N) is 1. The fourth-order valence-corrected chi connectivity index (χ4v) is 4.08. The monoisotopic (exact) mass is 456 g/mol. The number of carbonyl (C=O) groups excluding carboxylic acids is 2. The molecular weight excluding hydrogens is 420 g/mol. The van der Waals surface area contributed by atoms with E-state index in [0.717, 1.165) is 33.4 Å². The Labute approximate surface area is 204 Å². The molecule has 0 radical (unpaired) electrons. The highest BCUT2D eigenvalue weighted by Gasteiger charge is 2.31. The van der Waals surface area contributed by atoms with E-state index in [1.807, 2.05) is 89.2 Å². The molecule has 3 aromatic rings. The molecule has 178 valence electrons. The summed E-state index contributed by atoms with van der Waals surface area (Å²) in [7, 11) is 0. The highest BCUT2D eigenvalue weighted by Crippen LogP contribution is 2.19. The van der Waals surface area contributed by atoms with E-state index in [1.54, 1.807) is 4.90 Å². The Morgan fingerprint density at radius 3 is 2.12 bits per heavy atom. The van der Waals surface area contributed by atoms with Crippen LogP contribution in [0.4, 0.5) is 0 Å². The summed E-state index contributed by atoms with van der Waals surface area (Å²) in [6.45, 7) is 10.4. The minimum absolute atomic E-state index is 0.0129. The maximum atomic E-state index is 13.8. The van der Waals surface area contributed by atoms with Crippen LogP contribution >= 0.6 is 0 Å². The van der Waals surface area contributed by atoms with Gasteiger partial charge in [-0.3, -0.25) is 9.59 Å². The Morgan fingerprint density at radius 1 is 0.824 bits per heavy atom. The SMILES string of the molecule is Cc1ccc(CN(C(=O)Cc2cc(C)ccc2C)[C@H](Cc2ccccc2)C(=O)NC(C)C)cc1. The molecular formula is C30H36N2O2. The van der Waals surface area contributed by atoms with Crippen LogP contribution in [0.3, 0.4) is 0 Å². The predicted molar refractivity (Wildman–Crippen MR) is 139 cm³/mol. The third-order valence-electron chi connectivity index (χ3n) is 6.02. The summed E-state index contributed by atoms with van der Waals surface area (Å²) in [5.74, 6) is -0.172. The lowest BCUT2D eigenvalue weighted by Crippen LogP contribution is -2.52. The molecule has 0 fully saturated rings. The first kappa shape index (κ1) is 25.2. The summed E-state index contributed by atoms with van der Waals surface area (Å²) in [5.41, 5.74) is 6.41. The number of rotatable bonds is 9. The van der Waals surface area contributed by atoms with Crippen molar-refractivity contribution in [3.05, 3.63) is 106 Å². The van der Waals surface area contributed by atoms with Gasteiger partial charge < -0.3 is 10.2 Å². The molecule has 0 bridgehead atoms. The summed E-state index contributed by atoms with van der Waals surface area (Å²) in [4.78, 5) is 29.0. The fraction of sp³-hybridized carbons (Fsp3) is 0.333. The molecule has 1 atom stereocenters. The minimum atomic E-state index is -0.608. The Bertz CT molecular complexity index is 1100. The molecule has 0 saturated heterocycles. The van der Waals surface area contributed by atoms with Gasteiger partial charge in [0.05, 0.1) is 6.42 Å². The number of amides is 2. The number of nitrogens with zero attached hydrogens (tertiary/aromatic N) is 1. The molecule has 3 aromatic carbocycles. The third-order valence-corrected chi connectivity index (χ3v) is 6.02. The molecule has 2 amide bonds. The van der Waals surface area contributed by atoms with Crippen LogP contribution in [0.15, 0.2) is 72.8 Å². The summed E-state index contributed by atoms with van der Waals surface area (Å²) in [6.07, 6.45) is 0.726. The van der Waals surface area contributed by atoms with Gasteiger partial charge in [0.2, 0.25) is 11.8 Å². The molecule has 0 heterocycles. The first-order valence-electron chi connectivity index (χ1n) is 12.0.